The third kappa shape index (κ3) is 4.63. The van der Waals surface area contributed by atoms with Crippen LogP contribution in [-0.2, 0) is 29.3 Å². The number of hydrogen-bond donors (Lipinski definition) is 2. The van der Waals surface area contributed by atoms with Gasteiger partial charge < -0.3 is 14.6 Å². The van der Waals surface area contributed by atoms with E-state index in [0.29, 0.717) is 21.9 Å². The van der Waals surface area contributed by atoms with Crippen LogP contribution in [0, 0.1) is 30.6 Å². The van der Waals surface area contributed by atoms with E-state index in [-0.39, 0.29) is 26.1 Å². The van der Waals surface area contributed by atoms with Crippen molar-refractivity contribution in [3.05, 3.63) is 107 Å². The van der Waals surface area contributed by atoms with E-state index in [2.05, 4.69) is 5.43 Å². The summed E-state index contributed by atoms with van der Waals surface area (Å²) in [6.45, 7) is 1.89. The van der Waals surface area contributed by atoms with Crippen molar-refractivity contribution in [1.82, 2.24) is 9.91 Å². The van der Waals surface area contributed by atoms with Gasteiger partial charge in [-0.2, -0.15) is 9.91 Å². The van der Waals surface area contributed by atoms with Gasteiger partial charge in [0, 0.05) is 5.92 Å². The number of amides is 5. The number of nitrogens with one attached hydrogen (secondary N) is 1. The molecule has 6 atom stereocenters. The maximum absolute atomic E-state index is 15.1. The third-order valence-electron chi connectivity index (χ3n) is 10.3. The Kier molecular flexibility index (Phi) is 7.87. The number of aliphatic hydroxyl groups is 1. The number of fused-ring (bicyclic) bond motifs is 4. The number of likely N-dealkylation sites (tertiary alicyclic amines) is 1. The highest BCUT2D eigenvalue weighted by Crippen LogP contribution is 2.64. The molecule has 7 rings (SSSR count). The summed E-state index contributed by atoms with van der Waals surface area (Å²) in [4.78, 5) is 70.2. The van der Waals surface area contributed by atoms with Crippen molar-refractivity contribution in [2.24, 2.45) is 23.7 Å². The molecule has 11 nitrogen and oxygen atoms in total. The molecule has 1 saturated carbocycles. The Bertz CT molecular complexity index is 1820. The molecule has 4 aliphatic rings. The first kappa shape index (κ1) is 31.3. The van der Waals surface area contributed by atoms with Gasteiger partial charge in [-0.15, -0.1) is 0 Å². The van der Waals surface area contributed by atoms with Crippen molar-refractivity contribution in [3.8, 4) is 5.75 Å². The van der Waals surface area contributed by atoms with Crippen LogP contribution in [0.2, 0.25) is 0 Å². The van der Waals surface area contributed by atoms with Gasteiger partial charge in [0.05, 0.1) is 42.6 Å². The quantitative estimate of drug-likeness (QED) is 0.286. The predicted molar refractivity (Wildman–Crippen MR) is 172 cm³/mol. The number of imide groups is 4. The zero-order valence-electron chi connectivity index (χ0n) is 26.5. The van der Waals surface area contributed by atoms with Crippen molar-refractivity contribution in [3.63, 3.8) is 0 Å². The minimum atomic E-state index is -1.41. The summed E-state index contributed by atoms with van der Waals surface area (Å²) in [5.41, 5.74) is 5.38. The molecule has 2 heterocycles. The molecule has 3 aromatic rings. The number of aliphatic hydroxyl groups excluding tert-OH is 1. The Labute approximate surface area is 277 Å². The van der Waals surface area contributed by atoms with Crippen LogP contribution in [-0.4, -0.2) is 65.1 Å². The van der Waals surface area contributed by atoms with E-state index in [9.17, 15) is 24.3 Å². The van der Waals surface area contributed by atoms with Crippen LogP contribution in [0.3, 0.4) is 0 Å². The topological polar surface area (TPSA) is 143 Å². The standard InChI is InChI=1S/C37H35N3O8/c1-21-8-12-24(13-9-21)38-40-33(43)29-20-28-26(16-17-27-30(28)34(44)39(32(27)42)36(46)47-2)31(22-10-14-25(15-11-22)48-19-18-41)37(29,35(40)45)23-6-4-3-5-7-23/h3-16,27-31,38,41H,17-20H2,1-2H3. The van der Waals surface area contributed by atoms with Crippen molar-refractivity contribution < 1.29 is 38.6 Å². The fourth-order valence-corrected chi connectivity index (χ4v) is 8.31. The summed E-state index contributed by atoms with van der Waals surface area (Å²) in [6, 6.07) is 23.8. The molecule has 0 bridgehead atoms. The molecule has 2 aliphatic carbocycles. The molecule has 3 fully saturated rings. The first-order valence-corrected chi connectivity index (χ1v) is 16.0. The SMILES string of the molecule is COC(=O)N1C(=O)C2CC=C3C(CC4C(=O)N(Nc5ccc(C)cc5)C(=O)C4(c4ccccc4)C3c3ccc(OCCO)cc3)C2C1=O. The predicted octanol–water partition coefficient (Wildman–Crippen LogP) is 4.12. The van der Waals surface area contributed by atoms with Crippen LogP contribution in [0.25, 0.3) is 0 Å². The van der Waals surface area contributed by atoms with Crippen LogP contribution < -0.4 is 10.2 Å². The average molecular weight is 650 g/mol. The Morgan fingerprint density at radius 3 is 2.29 bits per heavy atom. The first-order valence-electron chi connectivity index (χ1n) is 16.0. The number of hydrazine groups is 1. The summed E-state index contributed by atoms with van der Waals surface area (Å²) in [6.07, 6.45) is 1.19. The van der Waals surface area contributed by atoms with Crippen LogP contribution >= 0.6 is 0 Å². The van der Waals surface area contributed by atoms with Gasteiger partial charge in [-0.1, -0.05) is 71.8 Å². The molecule has 0 radical (unpaired) electrons. The number of carbonyl (C=O) groups excluding carboxylic acids is 5. The Morgan fingerprint density at radius 2 is 1.62 bits per heavy atom. The fourth-order valence-electron chi connectivity index (χ4n) is 8.31. The third-order valence-corrected chi connectivity index (χ3v) is 10.3. The number of carbonyl (C=O) groups is 5. The lowest BCUT2D eigenvalue weighted by Gasteiger charge is -2.50. The average Bonchev–Trinajstić information content (AvgIpc) is 3.49. The minimum absolute atomic E-state index is 0.106. The van der Waals surface area contributed by atoms with Gasteiger partial charge in [-0.3, -0.25) is 24.6 Å². The number of benzene rings is 3. The zero-order chi connectivity index (χ0) is 33.7. The Hall–Kier alpha value is -5.29. The minimum Gasteiger partial charge on any atom is -0.491 e. The molecule has 246 valence electrons. The molecule has 6 unspecified atom stereocenters. The summed E-state index contributed by atoms with van der Waals surface area (Å²) >= 11 is 0. The molecule has 2 aliphatic heterocycles. The summed E-state index contributed by atoms with van der Waals surface area (Å²) in [7, 11) is 1.12. The van der Waals surface area contributed by atoms with Gasteiger partial charge in [-0.05, 0) is 61.1 Å². The van der Waals surface area contributed by atoms with Gasteiger partial charge in [0.25, 0.3) is 11.8 Å². The highest BCUT2D eigenvalue weighted by atomic mass is 16.5. The second kappa shape index (κ2) is 12.1. The number of hydrogen-bond acceptors (Lipinski definition) is 9. The van der Waals surface area contributed by atoms with Crippen molar-refractivity contribution >= 4 is 35.4 Å². The largest absolute Gasteiger partial charge is 0.491 e. The number of ether oxygens (including phenoxy) is 2. The second-order valence-corrected chi connectivity index (χ2v) is 12.7. The number of allylic oxidation sites excluding steroid dienone is 2. The van der Waals surface area contributed by atoms with E-state index in [0.717, 1.165) is 28.8 Å². The molecule has 3 aromatic carbocycles. The molecular formula is C37H35N3O8. The molecule has 2 saturated heterocycles. The van der Waals surface area contributed by atoms with E-state index < -0.39 is 64.7 Å². The molecule has 11 heteroatoms. The smallest absolute Gasteiger partial charge is 0.423 e. The molecule has 0 spiro atoms. The van der Waals surface area contributed by atoms with Gasteiger partial charge >= 0.3 is 6.09 Å². The fraction of sp³-hybridized carbons (Fsp3) is 0.324. The van der Waals surface area contributed by atoms with E-state index in [1.807, 2.05) is 67.6 Å². The Morgan fingerprint density at radius 1 is 0.917 bits per heavy atom. The van der Waals surface area contributed by atoms with Crippen LogP contribution in [0.4, 0.5) is 10.5 Å². The van der Waals surface area contributed by atoms with Crippen molar-refractivity contribution in [2.45, 2.75) is 31.1 Å². The van der Waals surface area contributed by atoms with Gasteiger partial charge in [0.15, 0.2) is 0 Å². The lowest BCUT2D eigenvalue weighted by molar-refractivity contribution is -0.140. The number of anilines is 1. The lowest BCUT2D eigenvalue weighted by Crippen LogP contribution is -2.53. The number of methoxy groups -OCH3 is 1. The summed E-state index contributed by atoms with van der Waals surface area (Å²) in [5.74, 6) is -5.57. The normalized spacial score (nSPS) is 27.6. The van der Waals surface area contributed by atoms with Crippen LogP contribution in [0.15, 0.2) is 90.5 Å². The molecule has 5 amide bonds. The van der Waals surface area contributed by atoms with Crippen molar-refractivity contribution in [2.75, 3.05) is 25.7 Å². The maximum Gasteiger partial charge on any atom is 0.423 e. The Balaban J connectivity index is 1.42. The number of aryl methyl sites for hydroxylation is 1. The van der Waals surface area contributed by atoms with E-state index in [4.69, 9.17) is 9.47 Å². The maximum atomic E-state index is 15.1. The molecule has 48 heavy (non-hydrogen) atoms. The molecular weight excluding hydrogens is 614 g/mol. The molecule has 2 N–H and O–H groups in total. The van der Waals surface area contributed by atoms with E-state index >= 15 is 4.79 Å². The number of nitrogens with zero attached hydrogens (tertiary/aromatic N) is 2. The second-order valence-electron chi connectivity index (χ2n) is 12.7. The first-order chi connectivity index (χ1) is 23.2. The van der Waals surface area contributed by atoms with Gasteiger partial charge in [-0.25, -0.2) is 4.79 Å². The molecule has 0 aromatic heterocycles. The van der Waals surface area contributed by atoms with Gasteiger partial charge in [0.1, 0.15) is 12.4 Å². The lowest BCUT2D eigenvalue weighted by atomic mass is 9.49. The van der Waals surface area contributed by atoms with Crippen LogP contribution in [0.1, 0.15) is 35.4 Å². The summed E-state index contributed by atoms with van der Waals surface area (Å²) < 4.78 is 10.4. The highest BCUT2D eigenvalue weighted by Gasteiger charge is 2.70. The van der Waals surface area contributed by atoms with E-state index in [1.165, 1.54) is 0 Å². The zero-order valence-corrected chi connectivity index (χ0v) is 26.5. The van der Waals surface area contributed by atoms with Crippen LogP contribution in [0.5, 0.6) is 5.75 Å². The van der Waals surface area contributed by atoms with Gasteiger partial charge in [0.2, 0.25) is 11.8 Å². The highest BCUT2D eigenvalue weighted by molar-refractivity contribution is 6.16. The number of rotatable bonds is 7. The van der Waals surface area contributed by atoms with Crippen molar-refractivity contribution in [1.29, 1.82) is 0 Å². The van der Waals surface area contributed by atoms with E-state index in [1.54, 1.807) is 24.3 Å². The summed E-state index contributed by atoms with van der Waals surface area (Å²) in [5, 5.41) is 10.4. The monoisotopic (exact) mass is 649 g/mol.